The van der Waals surface area contributed by atoms with Gasteiger partial charge in [0.25, 0.3) is 0 Å². The molecule has 0 aliphatic heterocycles. The predicted octanol–water partition coefficient (Wildman–Crippen LogP) is 2.84. The highest BCUT2D eigenvalue weighted by molar-refractivity contribution is 5.76. The lowest BCUT2D eigenvalue weighted by atomic mass is 9.82. The van der Waals surface area contributed by atoms with Gasteiger partial charge >= 0.3 is 5.97 Å². The molecule has 0 fully saturated rings. The average Bonchev–Trinajstić information content (AvgIpc) is 2.84. The van der Waals surface area contributed by atoms with Gasteiger partial charge in [0.05, 0.1) is 11.4 Å². The van der Waals surface area contributed by atoms with Crippen LogP contribution in [0.15, 0.2) is 30.4 Å². The molecule has 2 atom stereocenters. The van der Waals surface area contributed by atoms with Gasteiger partial charge in [-0.1, -0.05) is 18.2 Å². The fraction of sp³-hybridized carbons (Fsp3) is 0.286. The molecule has 5 heteroatoms. The maximum absolute atomic E-state index is 13.6. The standard InChI is InChI=1S/C14H13FN2O2/c15-10-6-3-7-11-12(10)17-13(16-11)8-4-1-2-5-9(8)14(18)19/h1-3,6-9H,4-5H2,(H,16,17)(H,18,19)/t8-,9+/m1/s1. The van der Waals surface area contributed by atoms with Crippen LogP contribution in [0.1, 0.15) is 24.6 Å². The van der Waals surface area contributed by atoms with Crippen molar-refractivity contribution in [1.29, 1.82) is 0 Å². The molecule has 0 saturated carbocycles. The van der Waals surface area contributed by atoms with E-state index in [-0.39, 0.29) is 11.4 Å². The van der Waals surface area contributed by atoms with Gasteiger partial charge in [-0.2, -0.15) is 0 Å². The Morgan fingerprint density at radius 2 is 2.16 bits per heavy atom. The number of imidazole rings is 1. The first-order chi connectivity index (χ1) is 9.16. The van der Waals surface area contributed by atoms with Crippen molar-refractivity contribution in [3.05, 3.63) is 42.0 Å². The second kappa shape index (κ2) is 4.50. The largest absolute Gasteiger partial charge is 0.481 e. The molecule has 4 nitrogen and oxygen atoms in total. The Bertz CT molecular complexity index is 663. The van der Waals surface area contributed by atoms with Gasteiger partial charge in [0.15, 0.2) is 5.82 Å². The van der Waals surface area contributed by atoms with Crippen LogP contribution in [-0.4, -0.2) is 21.0 Å². The number of carboxylic acids is 1. The number of aliphatic carboxylic acids is 1. The van der Waals surface area contributed by atoms with Crippen LogP contribution in [0, 0.1) is 11.7 Å². The number of halogens is 1. The molecule has 1 aliphatic rings. The number of hydrogen-bond acceptors (Lipinski definition) is 2. The molecule has 0 spiro atoms. The number of nitrogens with zero attached hydrogens (tertiary/aromatic N) is 1. The number of hydrogen-bond donors (Lipinski definition) is 2. The Balaban J connectivity index is 2.05. The third-order valence-corrected chi connectivity index (χ3v) is 3.58. The summed E-state index contributed by atoms with van der Waals surface area (Å²) in [6.07, 6.45) is 4.92. The van der Waals surface area contributed by atoms with E-state index in [0.717, 1.165) is 0 Å². The van der Waals surface area contributed by atoms with Crippen LogP contribution in [0.2, 0.25) is 0 Å². The normalized spacial score (nSPS) is 22.8. The molecule has 1 heterocycles. The number of aromatic amines is 1. The van der Waals surface area contributed by atoms with Crippen molar-refractivity contribution in [2.75, 3.05) is 0 Å². The molecule has 19 heavy (non-hydrogen) atoms. The Morgan fingerprint density at radius 1 is 1.37 bits per heavy atom. The Morgan fingerprint density at radius 3 is 2.89 bits per heavy atom. The van der Waals surface area contributed by atoms with Gasteiger partial charge in [0, 0.05) is 5.92 Å². The van der Waals surface area contributed by atoms with Crippen LogP contribution in [0.25, 0.3) is 11.0 Å². The molecule has 0 radical (unpaired) electrons. The first kappa shape index (κ1) is 11.9. The molecular formula is C14H13FN2O2. The molecule has 1 aromatic heterocycles. The average molecular weight is 260 g/mol. The van der Waals surface area contributed by atoms with E-state index in [2.05, 4.69) is 9.97 Å². The van der Waals surface area contributed by atoms with Gasteiger partial charge in [-0.15, -0.1) is 0 Å². The van der Waals surface area contributed by atoms with E-state index in [9.17, 15) is 14.3 Å². The quantitative estimate of drug-likeness (QED) is 0.816. The number of carboxylic acid groups (broad SMARTS) is 1. The van der Waals surface area contributed by atoms with Crippen LogP contribution in [0.5, 0.6) is 0 Å². The summed E-state index contributed by atoms with van der Waals surface area (Å²) in [5.41, 5.74) is 0.880. The molecule has 2 aromatic rings. The second-order valence-electron chi connectivity index (χ2n) is 4.75. The van der Waals surface area contributed by atoms with Crippen molar-refractivity contribution in [1.82, 2.24) is 9.97 Å². The van der Waals surface area contributed by atoms with Crippen LogP contribution in [0.4, 0.5) is 4.39 Å². The Kier molecular flexibility index (Phi) is 2.81. The van der Waals surface area contributed by atoms with Crippen LogP contribution in [0.3, 0.4) is 0 Å². The van der Waals surface area contributed by atoms with Crippen molar-refractivity contribution in [3.63, 3.8) is 0 Å². The molecule has 0 saturated heterocycles. The molecule has 0 bridgehead atoms. The van der Waals surface area contributed by atoms with E-state index < -0.39 is 17.7 Å². The maximum atomic E-state index is 13.6. The molecule has 1 aliphatic carbocycles. The monoisotopic (exact) mass is 260 g/mol. The fourth-order valence-corrected chi connectivity index (χ4v) is 2.58. The minimum absolute atomic E-state index is 0.228. The minimum Gasteiger partial charge on any atom is -0.481 e. The topological polar surface area (TPSA) is 66.0 Å². The summed E-state index contributed by atoms with van der Waals surface area (Å²) in [6.45, 7) is 0. The predicted molar refractivity (Wildman–Crippen MR) is 68.3 cm³/mol. The van der Waals surface area contributed by atoms with Crippen molar-refractivity contribution in [2.45, 2.75) is 18.8 Å². The highest BCUT2D eigenvalue weighted by Crippen LogP contribution is 2.34. The number of fused-ring (bicyclic) bond motifs is 1. The number of benzene rings is 1. The number of para-hydroxylation sites is 1. The van der Waals surface area contributed by atoms with Gasteiger partial charge in [0.1, 0.15) is 11.3 Å². The summed E-state index contributed by atoms with van der Waals surface area (Å²) in [7, 11) is 0. The van der Waals surface area contributed by atoms with E-state index in [4.69, 9.17) is 0 Å². The third kappa shape index (κ3) is 2.01. The Labute approximate surface area is 109 Å². The number of allylic oxidation sites excluding steroid dienone is 2. The summed E-state index contributed by atoms with van der Waals surface area (Å²) < 4.78 is 13.6. The molecular weight excluding hydrogens is 247 g/mol. The summed E-state index contributed by atoms with van der Waals surface area (Å²) in [5, 5.41) is 9.25. The SMILES string of the molecule is O=C(O)[C@H]1CC=CC[C@H]1c1nc2c(F)cccc2[nH]1. The molecule has 0 unspecified atom stereocenters. The van der Waals surface area contributed by atoms with Gasteiger partial charge < -0.3 is 10.1 Å². The number of carbonyl (C=O) groups is 1. The number of H-pyrrole nitrogens is 1. The van der Waals surface area contributed by atoms with Crippen LogP contribution < -0.4 is 0 Å². The van der Waals surface area contributed by atoms with Crippen molar-refractivity contribution < 1.29 is 14.3 Å². The molecule has 3 rings (SSSR count). The zero-order valence-corrected chi connectivity index (χ0v) is 10.1. The van der Waals surface area contributed by atoms with E-state index in [0.29, 0.717) is 24.2 Å². The number of nitrogens with one attached hydrogen (secondary N) is 1. The second-order valence-corrected chi connectivity index (χ2v) is 4.75. The lowest BCUT2D eigenvalue weighted by Gasteiger charge is -2.23. The summed E-state index contributed by atoms with van der Waals surface area (Å²) in [6, 6.07) is 4.70. The van der Waals surface area contributed by atoms with Gasteiger partial charge in [-0.3, -0.25) is 4.79 Å². The maximum Gasteiger partial charge on any atom is 0.307 e. The van der Waals surface area contributed by atoms with Crippen molar-refractivity contribution in [2.24, 2.45) is 5.92 Å². The van der Waals surface area contributed by atoms with E-state index in [1.807, 2.05) is 12.2 Å². The lowest BCUT2D eigenvalue weighted by molar-refractivity contribution is -0.142. The molecule has 0 amide bonds. The van der Waals surface area contributed by atoms with Crippen LogP contribution >= 0.6 is 0 Å². The summed E-state index contributed by atoms with van der Waals surface area (Å²) in [4.78, 5) is 18.6. The first-order valence-electron chi connectivity index (χ1n) is 6.18. The zero-order valence-electron chi connectivity index (χ0n) is 10.1. The fourth-order valence-electron chi connectivity index (χ4n) is 2.58. The highest BCUT2D eigenvalue weighted by atomic mass is 19.1. The van der Waals surface area contributed by atoms with Gasteiger partial charge in [-0.25, -0.2) is 9.37 Å². The smallest absolute Gasteiger partial charge is 0.307 e. The molecule has 98 valence electrons. The molecule has 2 N–H and O–H groups in total. The van der Waals surface area contributed by atoms with Crippen LogP contribution in [-0.2, 0) is 4.79 Å². The van der Waals surface area contributed by atoms with Crippen molar-refractivity contribution in [3.8, 4) is 0 Å². The lowest BCUT2D eigenvalue weighted by Crippen LogP contribution is -2.24. The van der Waals surface area contributed by atoms with E-state index in [1.165, 1.54) is 6.07 Å². The van der Waals surface area contributed by atoms with Crippen molar-refractivity contribution >= 4 is 17.0 Å². The number of aromatic nitrogens is 2. The number of rotatable bonds is 2. The highest BCUT2D eigenvalue weighted by Gasteiger charge is 2.32. The van der Waals surface area contributed by atoms with Gasteiger partial charge in [0.2, 0.25) is 0 Å². The zero-order chi connectivity index (χ0) is 13.4. The molecule has 1 aromatic carbocycles. The third-order valence-electron chi connectivity index (χ3n) is 3.58. The Hall–Kier alpha value is -2.17. The van der Waals surface area contributed by atoms with E-state index >= 15 is 0 Å². The first-order valence-corrected chi connectivity index (χ1v) is 6.18. The van der Waals surface area contributed by atoms with Gasteiger partial charge in [-0.05, 0) is 25.0 Å². The summed E-state index contributed by atoms with van der Waals surface area (Å²) in [5.74, 6) is -1.41. The summed E-state index contributed by atoms with van der Waals surface area (Å²) >= 11 is 0. The minimum atomic E-state index is -0.838. The van der Waals surface area contributed by atoms with E-state index in [1.54, 1.807) is 12.1 Å².